The molecule has 0 unspecified atom stereocenters. The van der Waals surface area contributed by atoms with E-state index in [0.29, 0.717) is 59.6 Å². The molecular weight excluding hydrogens is 449 g/mol. The summed E-state index contributed by atoms with van der Waals surface area (Å²) in [6.07, 6.45) is 3.43. The maximum atomic E-state index is 13.3. The van der Waals surface area contributed by atoms with Gasteiger partial charge >= 0.3 is 0 Å². The molecule has 0 N–H and O–H groups in total. The average molecular weight is 476 g/mol. The zero-order chi connectivity index (χ0) is 23.3. The van der Waals surface area contributed by atoms with Crippen molar-refractivity contribution in [3.63, 3.8) is 0 Å². The Labute approximate surface area is 198 Å². The van der Waals surface area contributed by atoms with E-state index in [0.717, 1.165) is 5.56 Å². The molecule has 1 saturated heterocycles. The van der Waals surface area contributed by atoms with Gasteiger partial charge in [-0.1, -0.05) is 47.5 Å². The highest BCUT2D eigenvalue weighted by Crippen LogP contribution is 2.37. The molecule has 32 heavy (non-hydrogen) atoms. The van der Waals surface area contributed by atoms with Crippen LogP contribution in [-0.2, 0) is 4.79 Å². The first-order chi connectivity index (χ1) is 15.3. The second-order valence-electron chi connectivity index (χ2n) is 7.79. The van der Waals surface area contributed by atoms with Crippen LogP contribution in [0, 0.1) is 0 Å². The maximum absolute atomic E-state index is 13.3. The third-order valence-corrected chi connectivity index (χ3v) is 5.94. The third-order valence-electron chi connectivity index (χ3n) is 5.29. The van der Waals surface area contributed by atoms with Gasteiger partial charge in [0, 0.05) is 61.0 Å². The van der Waals surface area contributed by atoms with E-state index in [1.807, 2.05) is 43.3 Å². The van der Waals surface area contributed by atoms with Gasteiger partial charge in [-0.15, -0.1) is 0 Å². The maximum Gasteiger partial charge on any atom is 0.257 e. The second kappa shape index (κ2) is 10.9. The largest absolute Gasteiger partial charge is 0.496 e. The Morgan fingerprint density at radius 1 is 1.00 bits per heavy atom. The topological polar surface area (TPSA) is 53.1 Å². The van der Waals surface area contributed by atoms with E-state index >= 15 is 0 Å². The molecule has 2 aromatic carbocycles. The fraction of sp³-hybridized carbons (Fsp3) is 0.333. The predicted molar refractivity (Wildman–Crippen MR) is 129 cm³/mol. The van der Waals surface area contributed by atoms with Crippen LogP contribution >= 0.6 is 23.2 Å². The minimum atomic E-state index is -0.165. The first-order valence-corrected chi connectivity index (χ1v) is 11.1. The predicted octanol–water partition coefficient (Wildman–Crippen LogP) is 4.07. The minimum Gasteiger partial charge on any atom is -0.496 e. The van der Waals surface area contributed by atoms with E-state index in [1.165, 1.54) is 7.11 Å². The summed E-state index contributed by atoms with van der Waals surface area (Å²) >= 11 is 12.8. The molecule has 2 aromatic rings. The van der Waals surface area contributed by atoms with Gasteiger partial charge in [0.25, 0.3) is 5.91 Å². The van der Waals surface area contributed by atoms with Crippen LogP contribution in [0.5, 0.6) is 5.75 Å². The Kier molecular flexibility index (Phi) is 8.18. The van der Waals surface area contributed by atoms with Crippen molar-refractivity contribution >= 4 is 35.0 Å². The molecule has 6 nitrogen and oxygen atoms in total. The summed E-state index contributed by atoms with van der Waals surface area (Å²) in [4.78, 5) is 31.2. The summed E-state index contributed by atoms with van der Waals surface area (Å²) in [5.41, 5.74) is 1.83. The average Bonchev–Trinajstić information content (AvgIpc) is 2.78. The Morgan fingerprint density at radius 2 is 1.66 bits per heavy atom. The zero-order valence-electron chi connectivity index (χ0n) is 18.5. The van der Waals surface area contributed by atoms with Crippen LogP contribution in [-0.4, -0.2) is 80.4 Å². The molecule has 0 radical (unpaired) electrons. The third kappa shape index (κ3) is 5.63. The van der Waals surface area contributed by atoms with E-state index in [2.05, 4.69) is 0 Å². The molecule has 0 bridgehead atoms. The Balaban J connectivity index is 1.77. The lowest BCUT2D eigenvalue weighted by Crippen LogP contribution is -2.50. The van der Waals surface area contributed by atoms with Gasteiger partial charge in [-0.2, -0.15) is 0 Å². The normalized spacial score (nSPS) is 14.3. The molecule has 1 heterocycles. The Hall–Kier alpha value is -2.54. The van der Waals surface area contributed by atoms with E-state index in [1.54, 1.807) is 34.1 Å². The molecular formula is C24H27Cl2N3O3. The number of halogens is 2. The SMILES string of the molecule is COc1cc(Cl)c(-c2ccccc2Cl)cc1C(=O)N1CCN(C(=O)/C=C/CN(C)C)CC1. The number of hydrogen-bond donors (Lipinski definition) is 0. The van der Waals surface area contributed by atoms with Crippen molar-refractivity contribution < 1.29 is 14.3 Å². The van der Waals surface area contributed by atoms with Crippen molar-refractivity contribution in [1.82, 2.24) is 14.7 Å². The number of rotatable bonds is 6. The summed E-state index contributed by atoms with van der Waals surface area (Å²) in [6.45, 7) is 2.54. The van der Waals surface area contributed by atoms with Crippen LogP contribution in [0.1, 0.15) is 10.4 Å². The first-order valence-electron chi connectivity index (χ1n) is 10.3. The fourth-order valence-corrected chi connectivity index (χ4v) is 4.04. The molecule has 170 valence electrons. The van der Waals surface area contributed by atoms with E-state index in [4.69, 9.17) is 27.9 Å². The summed E-state index contributed by atoms with van der Waals surface area (Å²) in [5.74, 6) is 0.201. The lowest BCUT2D eigenvalue weighted by molar-refractivity contribution is -0.127. The molecule has 0 saturated carbocycles. The van der Waals surface area contributed by atoms with Crippen LogP contribution in [0.3, 0.4) is 0 Å². The number of nitrogens with zero attached hydrogens (tertiary/aromatic N) is 3. The first kappa shape index (κ1) is 24.1. The van der Waals surface area contributed by atoms with Gasteiger partial charge in [0.05, 0.1) is 17.7 Å². The number of carbonyl (C=O) groups is 2. The number of likely N-dealkylation sites (N-methyl/N-ethyl adjacent to an activating group) is 1. The van der Waals surface area contributed by atoms with E-state index in [9.17, 15) is 9.59 Å². The molecule has 2 amide bonds. The lowest BCUT2D eigenvalue weighted by Gasteiger charge is -2.34. The molecule has 0 aliphatic carbocycles. The minimum absolute atomic E-state index is 0.0379. The molecule has 1 aliphatic rings. The van der Waals surface area contributed by atoms with Gasteiger partial charge in [0.1, 0.15) is 5.75 Å². The van der Waals surface area contributed by atoms with Gasteiger partial charge in [-0.05, 0) is 26.2 Å². The van der Waals surface area contributed by atoms with Gasteiger partial charge in [-0.25, -0.2) is 0 Å². The van der Waals surface area contributed by atoms with Crippen molar-refractivity contribution in [3.05, 3.63) is 64.2 Å². The van der Waals surface area contributed by atoms with Gasteiger partial charge < -0.3 is 19.4 Å². The van der Waals surface area contributed by atoms with E-state index in [-0.39, 0.29) is 11.8 Å². The number of ether oxygens (including phenoxy) is 1. The summed E-state index contributed by atoms with van der Waals surface area (Å²) in [7, 11) is 5.40. The standard InChI is InChI=1S/C24H27Cl2N3O3/c1-27(2)10-6-9-23(30)28-11-13-29(14-12-28)24(31)19-15-18(21(26)16-22(19)32-3)17-7-4-5-8-20(17)25/h4-9,15-16H,10-14H2,1-3H3/b9-6+. The summed E-state index contributed by atoms with van der Waals surface area (Å²) in [5, 5.41) is 0.999. The molecule has 8 heteroatoms. The quantitative estimate of drug-likeness (QED) is 0.590. The zero-order valence-corrected chi connectivity index (χ0v) is 20.0. The van der Waals surface area contributed by atoms with Crippen LogP contribution < -0.4 is 4.74 Å². The van der Waals surface area contributed by atoms with Gasteiger partial charge in [0.15, 0.2) is 0 Å². The van der Waals surface area contributed by atoms with E-state index < -0.39 is 0 Å². The van der Waals surface area contributed by atoms with Crippen LogP contribution in [0.2, 0.25) is 10.0 Å². The van der Waals surface area contributed by atoms with Gasteiger partial charge in [0.2, 0.25) is 5.91 Å². The summed E-state index contributed by atoms with van der Waals surface area (Å²) < 4.78 is 5.44. The highest BCUT2D eigenvalue weighted by molar-refractivity contribution is 6.36. The fourth-order valence-electron chi connectivity index (χ4n) is 3.55. The second-order valence-corrected chi connectivity index (χ2v) is 8.61. The lowest BCUT2D eigenvalue weighted by atomic mass is 10.0. The van der Waals surface area contributed by atoms with Crippen molar-refractivity contribution in [2.24, 2.45) is 0 Å². The number of hydrogen-bond acceptors (Lipinski definition) is 4. The highest BCUT2D eigenvalue weighted by atomic mass is 35.5. The van der Waals surface area contributed by atoms with Gasteiger partial charge in [-0.3, -0.25) is 9.59 Å². The van der Waals surface area contributed by atoms with Crippen molar-refractivity contribution in [2.75, 3.05) is 53.9 Å². The number of piperazine rings is 1. The van der Waals surface area contributed by atoms with Crippen LogP contribution in [0.15, 0.2) is 48.6 Å². The molecule has 0 atom stereocenters. The number of benzene rings is 2. The highest BCUT2D eigenvalue weighted by Gasteiger charge is 2.27. The Morgan fingerprint density at radius 3 is 2.28 bits per heavy atom. The van der Waals surface area contributed by atoms with Crippen LogP contribution in [0.25, 0.3) is 11.1 Å². The number of amides is 2. The monoisotopic (exact) mass is 475 g/mol. The molecule has 1 fully saturated rings. The van der Waals surface area contributed by atoms with Crippen LogP contribution in [0.4, 0.5) is 0 Å². The van der Waals surface area contributed by atoms with Crippen molar-refractivity contribution in [1.29, 1.82) is 0 Å². The number of carbonyl (C=O) groups excluding carboxylic acids is 2. The molecule has 0 aromatic heterocycles. The molecule has 0 spiro atoms. The Bertz CT molecular complexity index is 1020. The van der Waals surface area contributed by atoms with Crippen molar-refractivity contribution in [3.8, 4) is 16.9 Å². The molecule has 1 aliphatic heterocycles. The molecule has 3 rings (SSSR count). The number of methoxy groups -OCH3 is 1. The smallest absolute Gasteiger partial charge is 0.257 e. The summed E-state index contributed by atoms with van der Waals surface area (Å²) in [6, 6.07) is 10.7. The van der Waals surface area contributed by atoms with Crippen molar-refractivity contribution in [2.45, 2.75) is 0 Å².